The number of rotatable bonds is 15. The monoisotopic (exact) mass is 1260 g/mol. The summed E-state index contributed by atoms with van der Waals surface area (Å²) in [6, 6.07) is 9.05. The van der Waals surface area contributed by atoms with Crippen molar-refractivity contribution in [3.05, 3.63) is 86.2 Å². The molecule has 8 atom stereocenters. The number of benzene rings is 1. The summed E-state index contributed by atoms with van der Waals surface area (Å²) in [6.07, 6.45) is 41.9. The van der Waals surface area contributed by atoms with Crippen LogP contribution in [0, 0.1) is 76.4 Å². The zero-order valence-corrected chi connectivity index (χ0v) is 57.3. The second-order valence-electron chi connectivity index (χ2n) is 33.4. The molecule has 14 nitrogen and oxygen atoms in total. The first-order valence-corrected chi connectivity index (χ1v) is 37.9. The highest BCUT2D eigenvalue weighted by Crippen LogP contribution is 2.63. The van der Waals surface area contributed by atoms with Crippen molar-refractivity contribution in [1.82, 2.24) is 45.3 Å². The van der Waals surface area contributed by atoms with Crippen LogP contribution in [0.3, 0.4) is 0 Å². The van der Waals surface area contributed by atoms with Crippen LogP contribution in [0.2, 0.25) is 0 Å². The van der Waals surface area contributed by atoms with Gasteiger partial charge in [0.1, 0.15) is 0 Å². The van der Waals surface area contributed by atoms with Gasteiger partial charge in [0, 0.05) is 65.0 Å². The molecule has 3 aromatic heterocycles. The van der Waals surface area contributed by atoms with Crippen molar-refractivity contribution < 1.29 is 23.9 Å². The summed E-state index contributed by atoms with van der Waals surface area (Å²) in [5, 5.41) is 25.0. The summed E-state index contributed by atoms with van der Waals surface area (Å²) in [4.78, 5) is 53.1. The number of amides is 3. The van der Waals surface area contributed by atoms with Gasteiger partial charge in [0.15, 0.2) is 17.1 Å². The average molecular weight is 1260 g/mol. The molecule has 3 heterocycles. The number of esters is 1. The van der Waals surface area contributed by atoms with Crippen molar-refractivity contribution in [2.75, 3.05) is 6.61 Å². The van der Waals surface area contributed by atoms with Crippen molar-refractivity contribution >= 4 is 23.7 Å². The van der Waals surface area contributed by atoms with E-state index in [0.717, 1.165) is 131 Å². The van der Waals surface area contributed by atoms with E-state index in [0.29, 0.717) is 41.2 Å². The Morgan fingerprint density at radius 3 is 1.58 bits per heavy atom. The number of aryl methyl sites for hydroxylation is 1. The molecule has 13 aliphatic rings. The fourth-order valence-corrected chi connectivity index (χ4v) is 22.4. The van der Waals surface area contributed by atoms with Crippen LogP contribution in [-0.2, 0) is 67.7 Å². The molecule has 3 amide bonds. The van der Waals surface area contributed by atoms with E-state index in [4.69, 9.17) is 20.0 Å². The van der Waals surface area contributed by atoms with Gasteiger partial charge in [-0.1, -0.05) is 89.1 Å². The van der Waals surface area contributed by atoms with Crippen LogP contribution < -0.4 is 16.0 Å². The molecule has 13 aliphatic carbocycles. The number of hydrogen-bond acceptors (Lipinski definition) is 8. The molecule has 1 aromatic carbocycles. The van der Waals surface area contributed by atoms with Gasteiger partial charge in [-0.2, -0.15) is 15.3 Å². The molecule has 92 heavy (non-hydrogen) atoms. The average Bonchev–Trinajstić information content (AvgIpc) is 1.50. The van der Waals surface area contributed by atoms with Crippen LogP contribution in [0.5, 0.6) is 0 Å². The topological polar surface area (TPSA) is 167 Å². The number of carbonyl (C=O) groups is 4. The maximum atomic E-state index is 13.5. The summed E-state index contributed by atoms with van der Waals surface area (Å²) in [5.41, 5.74) is 12.9. The number of ether oxygens (including phenoxy) is 1. The van der Waals surface area contributed by atoms with Crippen LogP contribution in [0.1, 0.15) is 291 Å². The van der Waals surface area contributed by atoms with Crippen molar-refractivity contribution in [3.63, 3.8) is 0 Å². The molecular weight excluding hydrogens is 1140 g/mol. The quantitative estimate of drug-likeness (QED) is 0.0989. The predicted octanol–water partition coefficient (Wildman–Crippen LogP) is 14.8. The summed E-state index contributed by atoms with van der Waals surface area (Å²) >= 11 is 0. The van der Waals surface area contributed by atoms with Gasteiger partial charge in [-0.15, -0.1) is 0 Å². The summed E-state index contributed by atoms with van der Waals surface area (Å²) in [6.45, 7) is 16.4. The molecule has 8 bridgehead atoms. The van der Waals surface area contributed by atoms with E-state index in [1.807, 2.05) is 6.92 Å². The maximum Gasteiger partial charge on any atom is 0.311 e. The lowest BCUT2D eigenvalue weighted by molar-refractivity contribution is -0.150. The van der Waals surface area contributed by atoms with Crippen LogP contribution in [-0.4, -0.2) is 77.8 Å². The maximum absolute atomic E-state index is 13.5. The number of hydrogen-bond donors (Lipinski definition) is 3. The molecule has 0 radical (unpaired) electrons. The third-order valence-electron chi connectivity index (χ3n) is 26.9. The number of nitrogens with zero attached hydrogens (tertiary/aromatic N) is 6. The van der Waals surface area contributed by atoms with Gasteiger partial charge >= 0.3 is 5.97 Å². The molecule has 3 N–H and O–H groups in total. The van der Waals surface area contributed by atoms with Gasteiger partial charge in [-0.3, -0.25) is 33.2 Å². The van der Waals surface area contributed by atoms with E-state index >= 15 is 0 Å². The first kappa shape index (κ1) is 64.1. The van der Waals surface area contributed by atoms with Crippen LogP contribution >= 0.6 is 0 Å². The summed E-state index contributed by atoms with van der Waals surface area (Å²) in [5.74, 6) is 5.44. The molecule has 17 rings (SSSR count). The van der Waals surface area contributed by atoms with Gasteiger partial charge < -0.3 is 20.7 Å². The first-order valence-electron chi connectivity index (χ1n) is 37.9. The predicted molar refractivity (Wildman–Crippen MR) is 360 cm³/mol. The first-order chi connectivity index (χ1) is 44.5. The number of fused-ring (bicyclic) bond motifs is 7. The highest BCUT2D eigenvalue weighted by atomic mass is 16.5. The summed E-state index contributed by atoms with van der Waals surface area (Å²) in [7, 11) is 0. The molecule has 6 unspecified atom stereocenters. The zero-order valence-electron chi connectivity index (χ0n) is 57.3. The molecule has 14 heteroatoms. The zero-order chi connectivity index (χ0) is 63.5. The van der Waals surface area contributed by atoms with Gasteiger partial charge in [-0.05, 0) is 270 Å². The van der Waals surface area contributed by atoms with E-state index in [9.17, 15) is 19.2 Å². The van der Waals surface area contributed by atoms with E-state index < -0.39 is 0 Å². The lowest BCUT2D eigenvalue weighted by atomic mass is 9.48. The Hall–Kier alpha value is -5.27. The van der Waals surface area contributed by atoms with Crippen molar-refractivity contribution in [2.45, 2.75) is 298 Å². The third-order valence-corrected chi connectivity index (χ3v) is 26.9. The third kappa shape index (κ3) is 12.8. The van der Waals surface area contributed by atoms with E-state index in [1.165, 1.54) is 187 Å². The highest BCUT2D eigenvalue weighted by Gasteiger charge is 2.60. The standard InChI is InChI=1S/C27H41N3O.C26H35N3O.C25H37N3O3/c1-18(27-14-20-11-21(15-27)13-22(12-20)16-27)28-26(31)25-23-9-5-6-10-24(23)30(29-25)17-19-7-3-2-4-8-19;1-17-9-11-18(12-10-17)16-29-21-8-6-5-7-20(21)22(28-29)23(30)27-24-25(2,3)19-13-14-26(24,4)15-19;1-2-31-25(30)21-17-12-13-18(14-17)22(21)26-24(29)23-19-10-6-7-11-20(19)28(27-23)15-16-8-4-3-5-9-16/h18-22H,2-17H2,1H3,(H,28,31);9-12,19,24H,5-8,13-16H2,1-4H3,(H,27,30);16-18,21-22H,2-15H2,1H3,(H,26,29)/t;;17?,18?,21-,22+/m..0/s1. The molecule has 10 fully saturated rings. The van der Waals surface area contributed by atoms with Crippen LogP contribution in [0.15, 0.2) is 24.3 Å². The Morgan fingerprint density at radius 2 is 1.05 bits per heavy atom. The van der Waals surface area contributed by atoms with Crippen molar-refractivity contribution in [3.8, 4) is 0 Å². The normalized spacial score (nSPS) is 31.7. The minimum absolute atomic E-state index is 0.0441. The van der Waals surface area contributed by atoms with Crippen molar-refractivity contribution in [2.24, 2.45) is 69.5 Å². The van der Waals surface area contributed by atoms with Gasteiger partial charge in [0.05, 0.1) is 19.1 Å². The highest BCUT2D eigenvalue weighted by molar-refractivity contribution is 5.96. The minimum Gasteiger partial charge on any atom is -0.466 e. The molecule has 0 saturated heterocycles. The molecule has 4 aromatic rings. The summed E-state index contributed by atoms with van der Waals surface area (Å²) < 4.78 is 11.9. The molecule has 0 aliphatic heterocycles. The fourth-order valence-electron chi connectivity index (χ4n) is 22.4. The van der Waals surface area contributed by atoms with Gasteiger partial charge in [-0.25, -0.2) is 0 Å². The number of aromatic nitrogens is 6. The van der Waals surface area contributed by atoms with Crippen molar-refractivity contribution in [1.29, 1.82) is 0 Å². The lowest BCUT2D eigenvalue weighted by Gasteiger charge is -2.59. The number of nitrogens with one attached hydrogen (secondary N) is 3. The van der Waals surface area contributed by atoms with Gasteiger partial charge in [0.25, 0.3) is 17.7 Å². The van der Waals surface area contributed by atoms with Gasteiger partial charge in [0.2, 0.25) is 0 Å². The molecule has 500 valence electrons. The molecule has 10 saturated carbocycles. The lowest BCUT2D eigenvalue weighted by Crippen LogP contribution is -2.55. The Labute approximate surface area is 550 Å². The largest absolute Gasteiger partial charge is 0.466 e. The second kappa shape index (κ2) is 26.7. The Balaban J connectivity index is 0.000000120. The number of carbonyl (C=O) groups excluding carboxylic acids is 4. The molecular formula is C78H113N9O5. The smallest absolute Gasteiger partial charge is 0.311 e. The van der Waals surface area contributed by atoms with E-state index in [-0.39, 0.29) is 58.6 Å². The second-order valence-corrected chi connectivity index (χ2v) is 33.4. The fraction of sp³-hybridized carbons (Fsp3) is 0.756. The van der Waals surface area contributed by atoms with Crippen LogP contribution in [0.4, 0.5) is 0 Å². The Morgan fingerprint density at radius 1 is 0.565 bits per heavy atom. The SMILES string of the molecule is CC(NC(=O)c1nn(CC2CCCCC2)c2c1CCCC2)C12CC3CC(CC(C3)C1)C2.CCOC(=O)[C@H]1C2CCC(C2)[C@H]1NC(=O)c1nn(CC2CCCCC2)c2c1CCCC2.Cc1ccc(Cn2nc(C(=O)NC3C4(C)CCC(C4)C3(C)C)c3c2CCCC3)cc1. The Kier molecular flexibility index (Phi) is 18.6. The Bertz CT molecular complexity index is 3280. The van der Waals surface area contributed by atoms with E-state index in [2.05, 4.69) is 88.9 Å². The molecule has 0 spiro atoms. The minimum atomic E-state index is -0.192. The van der Waals surface area contributed by atoms with E-state index in [1.54, 1.807) is 0 Å². The van der Waals surface area contributed by atoms with Crippen LogP contribution in [0.25, 0.3) is 0 Å².